The molecule has 0 saturated heterocycles. The summed E-state index contributed by atoms with van der Waals surface area (Å²) in [5, 5.41) is 4.53. The van der Waals surface area contributed by atoms with Crippen LogP contribution in [0.3, 0.4) is 0 Å². The molecule has 0 unspecified atom stereocenters. The van der Waals surface area contributed by atoms with Crippen molar-refractivity contribution in [2.75, 3.05) is 4.90 Å². The zero-order valence-electron chi connectivity index (χ0n) is 28.9. The lowest BCUT2D eigenvalue weighted by Gasteiger charge is -2.33. The Bertz CT molecular complexity index is 3040. The summed E-state index contributed by atoms with van der Waals surface area (Å²) in [7, 11) is 0. The predicted molar refractivity (Wildman–Crippen MR) is 220 cm³/mol. The highest BCUT2D eigenvalue weighted by Gasteiger charge is 2.41. The second kappa shape index (κ2) is 11.2. The van der Waals surface area contributed by atoms with E-state index in [1.807, 2.05) is 30.3 Å². The maximum atomic E-state index is 6.82. The molecule has 0 amide bonds. The fourth-order valence-electron chi connectivity index (χ4n) is 8.78. The second-order valence-electron chi connectivity index (χ2n) is 14.0. The van der Waals surface area contributed by atoms with Gasteiger partial charge in [0, 0.05) is 61.9 Å². The molecule has 2 aliphatic rings. The van der Waals surface area contributed by atoms with Gasteiger partial charge in [0.1, 0.15) is 22.8 Å². The summed E-state index contributed by atoms with van der Waals surface area (Å²) in [5.41, 5.74) is 11.3. The largest absolute Gasteiger partial charge is 0.458 e. The normalized spacial score (nSPS) is 12.7. The van der Waals surface area contributed by atoms with Crippen molar-refractivity contribution in [3.05, 3.63) is 176 Å². The van der Waals surface area contributed by atoms with Crippen LogP contribution < -0.4 is 30.8 Å². The van der Waals surface area contributed by atoms with E-state index in [0.29, 0.717) is 0 Å². The number of rotatable bonds is 4. The standard InChI is InChI=1S/C48H29BN2O3/c1-3-12-30(13-4-1)50(31-14-5-2-6-15-31)32-22-24-36-37-25-27-39-48(47(37)54-44(36)28-32)53-43-21-11-20-42-46(43)49(39)38-26-23-33(29-45(38)52-42)51-40-18-9-7-16-34(40)35-17-8-10-19-41(35)51/h1-29H. The maximum Gasteiger partial charge on any atom is 0.260 e. The van der Waals surface area contributed by atoms with E-state index in [1.54, 1.807) is 0 Å². The van der Waals surface area contributed by atoms with Crippen LogP contribution in [0, 0.1) is 0 Å². The lowest BCUT2D eigenvalue weighted by Crippen LogP contribution is -2.57. The van der Waals surface area contributed by atoms with E-state index < -0.39 is 0 Å². The van der Waals surface area contributed by atoms with Crippen molar-refractivity contribution in [3.63, 3.8) is 0 Å². The zero-order valence-corrected chi connectivity index (χ0v) is 28.9. The van der Waals surface area contributed by atoms with Gasteiger partial charge >= 0.3 is 0 Å². The van der Waals surface area contributed by atoms with Crippen LogP contribution in [0.2, 0.25) is 0 Å². The number of ether oxygens (including phenoxy) is 2. The quantitative estimate of drug-likeness (QED) is 0.172. The summed E-state index contributed by atoms with van der Waals surface area (Å²) in [6, 6.07) is 61.6. The summed E-state index contributed by atoms with van der Waals surface area (Å²) in [4.78, 5) is 2.25. The van der Waals surface area contributed by atoms with Gasteiger partial charge in [-0.15, -0.1) is 0 Å². The van der Waals surface area contributed by atoms with Crippen LogP contribution in [-0.4, -0.2) is 11.3 Å². The van der Waals surface area contributed by atoms with Crippen LogP contribution in [0.25, 0.3) is 49.4 Å². The van der Waals surface area contributed by atoms with Gasteiger partial charge in [-0.05, 0) is 77.7 Å². The maximum absolute atomic E-state index is 6.82. The van der Waals surface area contributed by atoms with Gasteiger partial charge in [-0.3, -0.25) is 0 Å². The van der Waals surface area contributed by atoms with Gasteiger partial charge in [0.25, 0.3) is 6.71 Å². The van der Waals surface area contributed by atoms with Crippen LogP contribution in [0.1, 0.15) is 0 Å². The molecule has 54 heavy (non-hydrogen) atoms. The van der Waals surface area contributed by atoms with Gasteiger partial charge in [-0.2, -0.15) is 0 Å². The molecule has 0 spiro atoms. The minimum Gasteiger partial charge on any atom is -0.458 e. The molecule has 0 radical (unpaired) electrons. The number of benzene rings is 8. The van der Waals surface area contributed by atoms with Gasteiger partial charge in [0.2, 0.25) is 0 Å². The molecule has 0 saturated carbocycles. The van der Waals surface area contributed by atoms with E-state index >= 15 is 0 Å². The molecule has 0 atom stereocenters. The van der Waals surface area contributed by atoms with Gasteiger partial charge in [0.15, 0.2) is 11.3 Å². The highest BCUT2D eigenvalue weighted by molar-refractivity contribution is 6.98. The Morgan fingerprint density at radius 1 is 0.444 bits per heavy atom. The summed E-state index contributed by atoms with van der Waals surface area (Å²) >= 11 is 0. The molecule has 12 rings (SSSR count). The zero-order chi connectivity index (χ0) is 35.3. The van der Waals surface area contributed by atoms with Crippen LogP contribution in [0.5, 0.6) is 23.0 Å². The Labute approximate surface area is 310 Å². The molecule has 8 aromatic carbocycles. The first-order chi connectivity index (χ1) is 26.8. The van der Waals surface area contributed by atoms with Crippen molar-refractivity contribution in [3.8, 4) is 28.7 Å². The number of fused-ring (bicyclic) bond motifs is 11. The molecule has 0 aliphatic carbocycles. The highest BCUT2D eigenvalue weighted by Crippen LogP contribution is 2.43. The first-order valence-corrected chi connectivity index (χ1v) is 18.3. The van der Waals surface area contributed by atoms with Crippen LogP contribution >= 0.6 is 0 Å². The van der Waals surface area contributed by atoms with E-state index in [2.05, 4.69) is 155 Å². The molecular formula is C48H29BN2O3. The molecule has 2 aromatic heterocycles. The lowest BCUT2D eigenvalue weighted by molar-refractivity contribution is 0.461. The topological polar surface area (TPSA) is 39.8 Å². The summed E-state index contributed by atoms with van der Waals surface area (Å²) in [6.07, 6.45) is 0. The second-order valence-corrected chi connectivity index (χ2v) is 14.0. The third-order valence-corrected chi connectivity index (χ3v) is 11.1. The number of hydrogen-bond acceptors (Lipinski definition) is 4. The highest BCUT2D eigenvalue weighted by atomic mass is 16.5. The van der Waals surface area contributed by atoms with Gasteiger partial charge in [0.05, 0.1) is 11.0 Å². The molecule has 2 aliphatic heterocycles. The monoisotopic (exact) mass is 692 g/mol. The average molecular weight is 693 g/mol. The lowest BCUT2D eigenvalue weighted by atomic mass is 9.35. The van der Waals surface area contributed by atoms with E-state index in [9.17, 15) is 0 Å². The molecule has 10 aromatic rings. The SMILES string of the molecule is c1ccc(N(c2ccccc2)c2ccc3c(c2)oc2c4c(ccc23)B2c3ccc(-n5c6ccccc6c6ccccc65)cc3Oc3cccc(c32)O4)cc1. The molecule has 6 heteroatoms. The van der Waals surface area contributed by atoms with Gasteiger partial charge in [-0.1, -0.05) is 97.1 Å². The van der Waals surface area contributed by atoms with Gasteiger partial charge in [-0.25, -0.2) is 0 Å². The Kier molecular flexibility index (Phi) is 6.08. The smallest absolute Gasteiger partial charge is 0.260 e. The fourth-order valence-corrected chi connectivity index (χ4v) is 8.78. The van der Waals surface area contributed by atoms with Gasteiger partial charge < -0.3 is 23.4 Å². The molecular weight excluding hydrogens is 663 g/mol. The number of furan rings is 1. The molecule has 4 heterocycles. The summed E-state index contributed by atoms with van der Waals surface area (Å²) in [5.74, 6) is 3.19. The third kappa shape index (κ3) is 4.16. The Balaban J connectivity index is 1.02. The predicted octanol–water partition coefficient (Wildman–Crippen LogP) is 10.9. The van der Waals surface area contributed by atoms with Crippen LogP contribution in [0.15, 0.2) is 180 Å². The fraction of sp³-hybridized carbons (Fsp3) is 0. The number of nitrogens with zero attached hydrogens (tertiary/aromatic N) is 2. The van der Waals surface area contributed by atoms with Crippen molar-refractivity contribution in [1.29, 1.82) is 0 Å². The molecule has 0 fully saturated rings. The Morgan fingerprint density at radius 2 is 1.07 bits per heavy atom. The Morgan fingerprint density at radius 3 is 1.80 bits per heavy atom. The van der Waals surface area contributed by atoms with Crippen LogP contribution in [-0.2, 0) is 0 Å². The minimum atomic E-state index is -0.0873. The van der Waals surface area contributed by atoms with Crippen molar-refractivity contribution < 1.29 is 13.9 Å². The number of hydrogen-bond donors (Lipinski definition) is 0. The first-order valence-electron chi connectivity index (χ1n) is 18.3. The first kappa shape index (κ1) is 29.4. The summed E-state index contributed by atoms with van der Waals surface area (Å²) < 4.78 is 22.7. The molecule has 252 valence electrons. The van der Waals surface area contributed by atoms with E-state index in [-0.39, 0.29) is 6.71 Å². The third-order valence-electron chi connectivity index (χ3n) is 11.1. The Hall–Kier alpha value is -7.18. The van der Waals surface area contributed by atoms with Crippen molar-refractivity contribution in [1.82, 2.24) is 4.57 Å². The van der Waals surface area contributed by atoms with Crippen molar-refractivity contribution >= 4 is 83.9 Å². The van der Waals surface area contributed by atoms with E-state index in [0.717, 1.165) is 84.1 Å². The number of para-hydroxylation sites is 4. The van der Waals surface area contributed by atoms with Crippen molar-refractivity contribution in [2.45, 2.75) is 0 Å². The van der Waals surface area contributed by atoms with Crippen molar-refractivity contribution in [2.24, 2.45) is 0 Å². The molecule has 0 N–H and O–H groups in total. The minimum absolute atomic E-state index is 0.0873. The average Bonchev–Trinajstić information content (AvgIpc) is 3.77. The number of anilines is 3. The summed E-state index contributed by atoms with van der Waals surface area (Å²) in [6.45, 7) is -0.0873. The molecule has 0 bridgehead atoms. The van der Waals surface area contributed by atoms with E-state index in [4.69, 9.17) is 13.9 Å². The van der Waals surface area contributed by atoms with E-state index in [1.165, 1.54) is 21.8 Å². The number of aromatic nitrogens is 1. The molecule has 5 nitrogen and oxygen atoms in total. The van der Waals surface area contributed by atoms with Crippen LogP contribution in [0.4, 0.5) is 17.1 Å².